The monoisotopic (exact) mass is 276 g/mol. The first kappa shape index (κ1) is 14.9. The molecule has 0 saturated heterocycles. The highest BCUT2D eigenvalue weighted by Crippen LogP contribution is 2.24. The minimum absolute atomic E-state index is 0.0477. The average molecular weight is 276 g/mol. The Kier molecular flexibility index (Phi) is 5.41. The maximum absolute atomic E-state index is 11.7. The second-order valence-electron chi connectivity index (χ2n) is 5.53. The number of amides is 1. The molecule has 0 aliphatic heterocycles. The summed E-state index contributed by atoms with van der Waals surface area (Å²) in [6.07, 6.45) is 6.48. The summed E-state index contributed by atoms with van der Waals surface area (Å²) in [7, 11) is 0. The fourth-order valence-corrected chi connectivity index (χ4v) is 2.36. The fraction of sp³-hybridized carbons (Fsp3) is 0.562. The standard InChI is InChI=1S/C16H24N2O2/c1-12(11-17)16(19)18-13-7-9-15(10-8-13)20-14-5-3-2-4-6-14/h7-10,12,14H,2-6,11,17H2,1H3,(H,18,19). The number of anilines is 1. The van der Waals surface area contributed by atoms with E-state index in [4.69, 9.17) is 10.5 Å². The van der Waals surface area contributed by atoms with Gasteiger partial charge in [0, 0.05) is 18.2 Å². The van der Waals surface area contributed by atoms with Gasteiger partial charge in [-0.3, -0.25) is 4.79 Å². The summed E-state index contributed by atoms with van der Waals surface area (Å²) in [5.41, 5.74) is 6.26. The molecule has 1 saturated carbocycles. The summed E-state index contributed by atoms with van der Waals surface area (Å²) in [6, 6.07) is 7.58. The molecule has 4 nitrogen and oxygen atoms in total. The SMILES string of the molecule is CC(CN)C(=O)Nc1ccc(OC2CCCCC2)cc1. The van der Waals surface area contributed by atoms with Crippen LogP contribution in [0.3, 0.4) is 0 Å². The van der Waals surface area contributed by atoms with Crippen molar-refractivity contribution in [2.45, 2.75) is 45.1 Å². The van der Waals surface area contributed by atoms with E-state index in [1.54, 1.807) is 0 Å². The smallest absolute Gasteiger partial charge is 0.228 e. The highest BCUT2D eigenvalue weighted by molar-refractivity contribution is 5.92. The van der Waals surface area contributed by atoms with Gasteiger partial charge in [-0.05, 0) is 49.9 Å². The van der Waals surface area contributed by atoms with E-state index in [9.17, 15) is 4.79 Å². The molecule has 0 aromatic heterocycles. The van der Waals surface area contributed by atoms with Crippen LogP contribution in [0.1, 0.15) is 39.0 Å². The van der Waals surface area contributed by atoms with Gasteiger partial charge < -0.3 is 15.8 Å². The topological polar surface area (TPSA) is 64.4 Å². The maximum atomic E-state index is 11.7. The first-order valence-corrected chi connectivity index (χ1v) is 7.46. The van der Waals surface area contributed by atoms with E-state index in [1.807, 2.05) is 31.2 Å². The molecule has 0 bridgehead atoms. The zero-order valence-electron chi connectivity index (χ0n) is 12.1. The Morgan fingerprint density at radius 1 is 1.30 bits per heavy atom. The summed E-state index contributed by atoms with van der Waals surface area (Å²) < 4.78 is 5.95. The molecule has 1 atom stereocenters. The van der Waals surface area contributed by atoms with Gasteiger partial charge in [-0.1, -0.05) is 13.3 Å². The van der Waals surface area contributed by atoms with E-state index in [0.29, 0.717) is 12.6 Å². The summed E-state index contributed by atoms with van der Waals surface area (Å²) in [5.74, 6) is 0.656. The van der Waals surface area contributed by atoms with Crippen LogP contribution in [0.4, 0.5) is 5.69 Å². The third kappa shape index (κ3) is 4.23. The van der Waals surface area contributed by atoms with Gasteiger partial charge in [0.25, 0.3) is 0 Å². The predicted molar refractivity (Wildman–Crippen MR) is 80.8 cm³/mol. The fourth-order valence-electron chi connectivity index (χ4n) is 2.36. The summed E-state index contributed by atoms with van der Waals surface area (Å²) in [4.78, 5) is 11.7. The van der Waals surface area contributed by atoms with Gasteiger partial charge in [0.15, 0.2) is 0 Å². The molecule has 20 heavy (non-hydrogen) atoms. The molecule has 3 N–H and O–H groups in total. The molecule has 1 fully saturated rings. The Balaban J connectivity index is 1.87. The number of rotatable bonds is 5. The number of benzene rings is 1. The Bertz CT molecular complexity index is 425. The van der Waals surface area contributed by atoms with Crippen molar-refractivity contribution in [3.05, 3.63) is 24.3 Å². The van der Waals surface area contributed by atoms with Crippen molar-refractivity contribution in [2.24, 2.45) is 11.7 Å². The second-order valence-corrected chi connectivity index (χ2v) is 5.53. The van der Waals surface area contributed by atoms with Crippen LogP contribution in [0.25, 0.3) is 0 Å². The lowest BCUT2D eigenvalue weighted by atomic mass is 9.98. The third-order valence-electron chi connectivity index (χ3n) is 3.78. The van der Waals surface area contributed by atoms with Crippen molar-refractivity contribution >= 4 is 11.6 Å². The predicted octanol–water partition coefficient (Wildman–Crippen LogP) is 2.93. The third-order valence-corrected chi connectivity index (χ3v) is 3.78. The van der Waals surface area contributed by atoms with Crippen molar-refractivity contribution in [3.8, 4) is 5.75 Å². The van der Waals surface area contributed by atoms with Crippen LogP contribution < -0.4 is 15.8 Å². The van der Waals surface area contributed by atoms with Crippen molar-refractivity contribution in [2.75, 3.05) is 11.9 Å². The Morgan fingerprint density at radius 2 is 1.95 bits per heavy atom. The molecule has 1 aromatic rings. The van der Waals surface area contributed by atoms with Gasteiger partial charge in [-0.2, -0.15) is 0 Å². The minimum atomic E-state index is -0.173. The molecular formula is C16H24N2O2. The molecule has 1 aliphatic carbocycles. The molecule has 4 heteroatoms. The molecule has 1 aromatic carbocycles. The van der Waals surface area contributed by atoms with Crippen LogP contribution in [-0.2, 0) is 4.79 Å². The zero-order chi connectivity index (χ0) is 14.4. The molecule has 0 spiro atoms. The van der Waals surface area contributed by atoms with E-state index >= 15 is 0 Å². The van der Waals surface area contributed by atoms with E-state index < -0.39 is 0 Å². The molecule has 1 aliphatic rings. The van der Waals surface area contributed by atoms with Gasteiger partial charge >= 0.3 is 0 Å². The number of nitrogens with two attached hydrogens (primary N) is 1. The molecule has 2 rings (SSSR count). The normalized spacial score (nSPS) is 17.5. The van der Waals surface area contributed by atoms with E-state index in [2.05, 4.69) is 5.32 Å². The lowest BCUT2D eigenvalue weighted by Gasteiger charge is -2.23. The Labute approximate surface area is 120 Å². The summed E-state index contributed by atoms with van der Waals surface area (Å²) in [6.45, 7) is 2.17. The van der Waals surface area contributed by atoms with Crippen LogP contribution in [0.5, 0.6) is 5.75 Å². The van der Waals surface area contributed by atoms with Crippen LogP contribution >= 0.6 is 0 Å². The van der Waals surface area contributed by atoms with Crippen molar-refractivity contribution < 1.29 is 9.53 Å². The number of nitrogens with one attached hydrogen (secondary N) is 1. The molecular weight excluding hydrogens is 252 g/mol. The molecule has 0 radical (unpaired) electrons. The maximum Gasteiger partial charge on any atom is 0.228 e. The number of ether oxygens (including phenoxy) is 1. The Morgan fingerprint density at radius 3 is 2.55 bits per heavy atom. The molecule has 110 valence electrons. The van der Waals surface area contributed by atoms with Crippen LogP contribution in [0, 0.1) is 5.92 Å². The quantitative estimate of drug-likeness (QED) is 0.869. The largest absolute Gasteiger partial charge is 0.490 e. The van der Waals surface area contributed by atoms with Crippen LogP contribution in [0.15, 0.2) is 24.3 Å². The minimum Gasteiger partial charge on any atom is -0.490 e. The first-order valence-electron chi connectivity index (χ1n) is 7.46. The number of carbonyl (C=O) groups is 1. The highest BCUT2D eigenvalue weighted by Gasteiger charge is 2.15. The number of carbonyl (C=O) groups excluding carboxylic acids is 1. The van der Waals surface area contributed by atoms with Gasteiger partial charge in [0.05, 0.1) is 6.10 Å². The van der Waals surface area contributed by atoms with Gasteiger partial charge in [-0.15, -0.1) is 0 Å². The lowest BCUT2D eigenvalue weighted by Crippen LogP contribution is -2.26. The van der Waals surface area contributed by atoms with Gasteiger partial charge in [0.1, 0.15) is 5.75 Å². The molecule has 1 unspecified atom stereocenters. The second kappa shape index (κ2) is 7.29. The van der Waals surface area contributed by atoms with Crippen molar-refractivity contribution in [1.29, 1.82) is 0 Å². The number of hydrogen-bond donors (Lipinski definition) is 2. The Hall–Kier alpha value is -1.55. The van der Waals surface area contributed by atoms with Gasteiger partial charge in [-0.25, -0.2) is 0 Å². The highest BCUT2D eigenvalue weighted by atomic mass is 16.5. The molecule has 0 heterocycles. The average Bonchev–Trinajstić information content (AvgIpc) is 2.49. The van der Waals surface area contributed by atoms with Crippen LogP contribution in [0.2, 0.25) is 0 Å². The zero-order valence-corrected chi connectivity index (χ0v) is 12.1. The van der Waals surface area contributed by atoms with E-state index in [-0.39, 0.29) is 11.8 Å². The van der Waals surface area contributed by atoms with Crippen molar-refractivity contribution in [1.82, 2.24) is 0 Å². The number of hydrogen-bond acceptors (Lipinski definition) is 3. The van der Waals surface area contributed by atoms with Crippen molar-refractivity contribution in [3.63, 3.8) is 0 Å². The summed E-state index contributed by atoms with van der Waals surface area (Å²) in [5, 5.41) is 2.85. The molecule has 1 amide bonds. The van der Waals surface area contributed by atoms with E-state index in [0.717, 1.165) is 24.3 Å². The first-order chi connectivity index (χ1) is 9.69. The van der Waals surface area contributed by atoms with Crippen LogP contribution in [-0.4, -0.2) is 18.6 Å². The van der Waals surface area contributed by atoms with E-state index in [1.165, 1.54) is 19.3 Å². The summed E-state index contributed by atoms with van der Waals surface area (Å²) >= 11 is 0. The van der Waals surface area contributed by atoms with Gasteiger partial charge in [0.2, 0.25) is 5.91 Å². The lowest BCUT2D eigenvalue weighted by molar-refractivity contribution is -0.119.